The summed E-state index contributed by atoms with van der Waals surface area (Å²) in [7, 11) is 2.13. The minimum absolute atomic E-state index is 0.723. The van der Waals surface area contributed by atoms with E-state index in [-0.39, 0.29) is 0 Å². The van der Waals surface area contributed by atoms with Crippen LogP contribution >= 0.6 is 12.6 Å². The Morgan fingerprint density at radius 1 is 1.41 bits per heavy atom. The van der Waals surface area contributed by atoms with Crippen LogP contribution in [0.1, 0.15) is 17.9 Å². The van der Waals surface area contributed by atoms with Crippen molar-refractivity contribution in [1.29, 1.82) is 0 Å². The maximum Gasteiger partial charge on any atom is 0.192 e. The molecule has 0 aliphatic carbocycles. The summed E-state index contributed by atoms with van der Waals surface area (Å²) in [5.74, 6) is 1.66. The lowest BCUT2D eigenvalue weighted by Crippen LogP contribution is -2.19. The average Bonchev–Trinajstić information content (AvgIpc) is 2.65. The molecule has 1 aromatic carbocycles. The van der Waals surface area contributed by atoms with Gasteiger partial charge in [-0.15, -0.1) is 0 Å². The first-order valence-corrected chi connectivity index (χ1v) is 6.48. The molecule has 0 aliphatic heterocycles. The second-order valence-electron chi connectivity index (χ2n) is 4.35. The Kier molecular flexibility index (Phi) is 4.07. The molecular weight excluding hydrogens is 232 g/mol. The smallest absolute Gasteiger partial charge is 0.192 e. The first-order valence-electron chi connectivity index (χ1n) is 5.84. The third-order valence-electron chi connectivity index (χ3n) is 2.71. The number of aryl methyl sites for hydroxylation is 1. The fourth-order valence-electron chi connectivity index (χ4n) is 1.92. The minimum Gasteiger partial charge on any atom is -0.441 e. The van der Waals surface area contributed by atoms with Crippen molar-refractivity contribution in [1.82, 2.24) is 9.88 Å². The normalized spacial score (nSPS) is 11.5. The molecule has 3 nitrogen and oxygen atoms in total. The molecule has 0 bridgehead atoms. The lowest BCUT2D eigenvalue weighted by molar-refractivity contribution is 0.329. The lowest BCUT2D eigenvalue weighted by atomic mass is 10.2. The van der Waals surface area contributed by atoms with Gasteiger partial charge in [0.25, 0.3) is 0 Å². The Bertz CT molecular complexity index is 495. The van der Waals surface area contributed by atoms with Crippen LogP contribution in [0.4, 0.5) is 0 Å². The van der Waals surface area contributed by atoms with Crippen molar-refractivity contribution in [3.05, 3.63) is 29.7 Å². The number of nitrogens with zero attached hydrogens (tertiary/aromatic N) is 2. The third kappa shape index (κ3) is 3.23. The predicted molar refractivity (Wildman–Crippen MR) is 73.6 cm³/mol. The van der Waals surface area contributed by atoms with Crippen LogP contribution < -0.4 is 0 Å². The van der Waals surface area contributed by atoms with Gasteiger partial charge in [0.2, 0.25) is 0 Å². The van der Waals surface area contributed by atoms with Gasteiger partial charge in [-0.2, -0.15) is 12.6 Å². The van der Waals surface area contributed by atoms with Gasteiger partial charge in [-0.3, -0.25) is 0 Å². The number of hydrogen-bond acceptors (Lipinski definition) is 4. The largest absolute Gasteiger partial charge is 0.441 e. The summed E-state index contributed by atoms with van der Waals surface area (Å²) in [5, 5.41) is 0. The highest BCUT2D eigenvalue weighted by molar-refractivity contribution is 7.80. The second-order valence-corrected chi connectivity index (χ2v) is 4.80. The highest BCUT2D eigenvalue weighted by Gasteiger charge is 2.05. The van der Waals surface area contributed by atoms with Gasteiger partial charge in [-0.05, 0) is 43.5 Å². The SMILES string of the molecule is Cc1nc2cc(CN(C)CCCS)ccc2o1. The molecule has 0 saturated heterocycles. The molecule has 92 valence electrons. The Labute approximate surface area is 107 Å². The first kappa shape index (κ1) is 12.5. The zero-order valence-electron chi connectivity index (χ0n) is 10.3. The van der Waals surface area contributed by atoms with Crippen molar-refractivity contribution in [3.63, 3.8) is 0 Å². The van der Waals surface area contributed by atoms with Crippen molar-refractivity contribution in [2.45, 2.75) is 19.9 Å². The number of aromatic nitrogens is 1. The van der Waals surface area contributed by atoms with Gasteiger partial charge < -0.3 is 9.32 Å². The Morgan fingerprint density at radius 3 is 3.00 bits per heavy atom. The summed E-state index contributed by atoms with van der Waals surface area (Å²) in [4.78, 5) is 6.64. The predicted octanol–water partition coefficient (Wildman–Crippen LogP) is 2.89. The van der Waals surface area contributed by atoms with Crippen LogP contribution in [0.2, 0.25) is 0 Å². The molecule has 0 amide bonds. The zero-order chi connectivity index (χ0) is 12.3. The van der Waals surface area contributed by atoms with Crippen LogP contribution in [0.15, 0.2) is 22.6 Å². The maximum atomic E-state index is 5.46. The lowest BCUT2D eigenvalue weighted by Gasteiger charge is -2.15. The zero-order valence-corrected chi connectivity index (χ0v) is 11.2. The molecule has 0 unspecified atom stereocenters. The molecule has 2 aromatic rings. The molecule has 0 radical (unpaired) electrons. The molecule has 1 heterocycles. The van der Waals surface area contributed by atoms with Crippen LogP contribution in [0.25, 0.3) is 11.1 Å². The molecule has 0 atom stereocenters. The molecule has 0 spiro atoms. The molecule has 0 saturated carbocycles. The molecule has 17 heavy (non-hydrogen) atoms. The van der Waals surface area contributed by atoms with Crippen molar-refractivity contribution in [2.24, 2.45) is 0 Å². The standard InChI is InChI=1S/C13H18N2OS/c1-10-14-12-8-11(4-5-13(12)16-10)9-15(2)6-3-7-17/h4-5,8,17H,3,6-7,9H2,1-2H3. The highest BCUT2D eigenvalue weighted by atomic mass is 32.1. The first-order chi connectivity index (χ1) is 8.19. The Hall–Kier alpha value is -1.00. The van der Waals surface area contributed by atoms with Crippen molar-refractivity contribution in [3.8, 4) is 0 Å². The van der Waals surface area contributed by atoms with Gasteiger partial charge in [-0.1, -0.05) is 6.07 Å². The molecule has 0 aliphatic rings. The molecule has 0 fully saturated rings. The summed E-state index contributed by atoms with van der Waals surface area (Å²) in [6.07, 6.45) is 1.12. The number of thiol groups is 1. The Morgan fingerprint density at radius 2 is 2.24 bits per heavy atom. The van der Waals surface area contributed by atoms with E-state index >= 15 is 0 Å². The average molecular weight is 250 g/mol. The van der Waals surface area contributed by atoms with Crippen LogP contribution in [0.5, 0.6) is 0 Å². The van der Waals surface area contributed by atoms with Gasteiger partial charge in [-0.25, -0.2) is 4.98 Å². The summed E-state index contributed by atoms with van der Waals surface area (Å²) in [5.41, 5.74) is 3.08. The van der Waals surface area contributed by atoms with Gasteiger partial charge in [0.05, 0.1) is 0 Å². The fraction of sp³-hybridized carbons (Fsp3) is 0.462. The number of benzene rings is 1. The van der Waals surface area contributed by atoms with E-state index in [1.807, 2.05) is 13.0 Å². The van der Waals surface area contributed by atoms with E-state index in [1.54, 1.807) is 0 Å². The van der Waals surface area contributed by atoms with E-state index in [1.165, 1.54) is 5.56 Å². The third-order valence-corrected chi connectivity index (χ3v) is 3.03. The summed E-state index contributed by atoms with van der Waals surface area (Å²) < 4.78 is 5.46. The van der Waals surface area contributed by atoms with Crippen LogP contribution in [0.3, 0.4) is 0 Å². The second kappa shape index (κ2) is 5.56. The van der Waals surface area contributed by atoms with E-state index < -0.39 is 0 Å². The number of fused-ring (bicyclic) bond motifs is 1. The Balaban J connectivity index is 2.08. The van der Waals surface area contributed by atoms with Crippen molar-refractivity contribution >= 4 is 23.7 Å². The highest BCUT2D eigenvalue weighted by Crippen LogP contribution is 2.17. The van der Waals surface area contributed by atoms with Gasteiger partial charge in [0.15, 0.2) is 11.5 Å². The molecule has 1 aromatic heterocycles. The monoisotopic (exact) mass is 250 g/mol. The number of oxazole rings is 1. The van der Waals surface area contributed by atoms with E-state index in [2.05, 4.69) is 41.7 Å². The summed E-state index contributed by atoms with van der Waals surface area (Å²) in [6.45, 7) is 3.88. The van der Waals surface area contributed by atoms with Gasteiger partial charge in [0, 0.05) is 13.5 Å². The van der Waals surface area contributed by atoms with Crippen molar-refractivity contribution < 1.29 is 4.42 Å². The topological polar surface area (TPSA) is 29.3 Å². The van der Waals surface area contributed by atoms with E-state index in [0.29, 0.717) is 0 Å². The van der Waals surface area contributed by atoms with Gasteiger partial charge in [0.1, 0.15) is 5.52 Å². The van der Waals surface area contributed by atoms with Crippen LogP contribution in [0, 0.1) is 6.92 Å². The van der Waals surface area contributed by atoms with E-state index in [4.69, 9.17) is 4.42 Å². The van der Waals surface area contributed by atoms with E-state index in [0.717, 1.165) is 42.3 Å². The fourth-order valence-corrected chi connectivity index (χ4v) is 2.06. The number of hydrogen-bond donors (Lipinski definition) is 1. The maximum absolute atomic E-state index is 5.46. The summed E-state index contributed by atoms with van der Waals surface area (Å²) in [6, 6.07) is 6.20. The van der Waals surface area contributed by atoms with Gasteiger partial charge >= 0.3 is 0 Å². The van der Waals surface area contributed by atoms with Crippen LogP contribution in [-0.2, 0) is 6.54 Å². The molecule has 0 N–H and O–H groups in total. The quantitative estimate of drug-likeness (QED) is 0.827. The van der Waals surface area contributed by atoms with E-state index in [9.17, 15) is 0 Å². The number of rotatable bonds is 5. The van der Waals surface area contributed by atoms with Crippen molar-refractivity contribution in [2.75, 3.05) is 19.3 Å². The molecular formula is C13H18N2OS. The molecule has 4 heteroatoms. The minimum atomic E-state index is 0.723. The molecule has 2 rings (SSSR count). The summed E-state index contributed by atoms with van der Waals surface area (Å²) >= 11 is 4.22. The van der Waals surface area contributed by atoms with Crippen LogP contribution in [-0.4, -0.2) is 29.2 Å².